The topological polar surface area (TPSA) is 108 Å². The molecule has 7 nitrogen and oxygen atoms in total. The number of halogens is 4. The molecule has 0 bridgehead atoms. The van der Waals surface area contributed by atoms with E-state index in [0.29, 0.717) is 0 Å². The molecule has 188 valence electrons. The number of hydrogen-bond acceptors (Lipinski definition) is 6. The number of ether oxygens (including phenoxy) is 1. The second-order valence-corrected chi connectivity index (χ2v) is 8.47. The van der Waals surface area contributed by atoms with Gasteiger partial charge in [0.05, 0.1) is 34.6 Å². The van der Waals surface area contributed by atoms with Crippen molar-refractivity contribution >= 4 is 35.2 Å². The summed E-state index contributed by atoms with van der Waals surface area (Å²) in [4.78, 5) is 37.8. The van der Waals surface area contributed by atoms with E-state index in [1.54, 1.807) is 0 Å². The van der Waals surface area contributed by atoms with E-state index in [0.717, 1.165) is 36.0 Å². The molecule has 0 saturated carbocycles. The highest BCUT2D eigenvalue weighted by atomic mass is 32.2. The molecule has 2 amide bonds. The van der Waals surface area contributed by atoms with Crippen LogP contribution in [0.25, 0.3) is 0 Å². The molecule has 2 aromatic rings. The van der Waals surface area contributed by atoms with Crippen LogP contribution in [-0.4, -0.2) is 30.1 Å². The first kappa shape index (κ1) is 26.7. The number of nitrogens with one attached hydrogen (secondary N) is 2. The van der Waals surface area contributed by atoms with E-state index < -0.39 is 52.9 Å². The standard InChI is InChI=1S/C24H19F4N3O4S/c1-2-35-23(34)20-19(15-8-3-4-9-17(15)25)16(11-29)22(31-21(20)33)36-12-18(32)30-14-7-5-6-13(10-14)24(26,27)28/h3-10,19-20H,2,12H2,1H3,(H,30,32)(H,31,33)/t19-,20+/m0/s1. The molecule has 36 heavy (non-hydrogen) atoms. The first-order valence-corrected chi connectivity index (χ1v) is 11.5. The summed E-state index contributed by atoms with van der Waals surface area (Å²) >= 11 is 0.719. The van der Waals surface area contributed by atoms with Crippen LogP contribution < -0.4 is 10.6 Å². The number of allylic oxidation sites excluding steroid dienone is 1. The summed E-state index contributed by atoms with van der Waals surface area (Å²) < 4.78 is 58.3. The Morgan fingerprint density at radius 1 is 1.19 bits per heavy atom. The number of carbonyl (C=O) groups is 3. The van der Waals surface area contributed by atoms with Crippen molar-refractivity contribution in [2.24, 2.45) is 5.92 Å². The molecule has 0 aromatic heterocycles. The second kappa shape index (κ2) is 11.3. The van der Waals surface area contributed by atoms with Crippen LogP contribution >= 0.6 is 11.8 Å². The smallest absolute Gasteiger partial charge is 0.416 e. The Balaban J connectivity index is 1.88. The number of nitrogens with zero attached hydrogens (tertiary/aromatic N) is 1. The number of thioether (sulfide) groups is 1. The minimum Gasteiger partial charge on any atom is -0.465 e. The van der Waals surface area contributed by atoms with Crippen LogP contribution in [-0.2, 0) is 25.3 Å². The van der Waals surface area contributed by atoms with Gasteiger partial charge in [-0.05, 0) is 36.8 Å². The molecule has 2 aromatic carbocycles. The van der Waals surface area contributed by atoms with Gasteiger partial charge in [-0.1, -0.05) is 36.0 Å². The van der Waals surface area contributed by atoms with Crippen LogP contribution in [0, 0.1) is 23.1 Å². The lowest BCUT2D eigenvalue weighted by Crippen LogP contribution is -2.44. The third-order valence-electron chi connectivity index (χ3n) is 5.13. The van der Waals surface area contributed by atoms with E-state index in [4.69, 9.17) is 4.74 Å². The van der Waals surface area contributed by atoms with E-state index >= 15 is 0 Å². The lowest BCUT2D eigenvalue weighted by atomic mass is 9.78. The van der Waals surface area contributed by atoms with Crippen molar-refractivity contribution in [3.8, 4) is 6.07 Å². The van der Waals surface area contributed by atoms with E-state index in [2.05, 4.69) is 10.6 Å². The van der Waals surface area contributed by atoms with Gasteiger partial charge in [-0.25, -0.2) is 4.39 Å². The molecule has 0 aliphatic carbocycles. The maximum absolute atomic E-state index is 14.7. The van der Waals surface area contributed by atoms with E-state index in [1.165, 1.54) is 31.2 Å². The second-order valence-electron chi connectivity index (χ2n) is 7.49. The Morgan fingerprint density at radius 2 is 1.92 bits per heavy atom. The first-order valence-electron chi connectivity index (χ1n) is 10.5. The maximum atomic E-state index is 14.7. The number of anilines is 1. The average molecular weight is 521 g/mol. The van der Waals surface area contributed by atoms with Crippen molar-refractivity contribution in [3.05, 3.63) is 76.1 Å². The monoisotopic (exact) mass is 521 g/mol. The van der Waals surface area contributed by atoms with Crippen molar-refractivity contribution in [2.75, 3.05) is 17.7 Å². The molecule has 1 heterocycles. The zero-order valence-electron chi connectivity index (χ0n) is 18.7. The highest BCUT2D eigenvalue weighted by Crippen LogP contribution is 2.41. The van der Waals surface area contributed by atoms with Crippen LogP contribution in [0.3, 0.4) is 0 Å². The minimum atomic E-state index is -4.59. The fourth-order valence-corrected chi connectivity index (χ4v) is 4.44. The lowest BCUT2D eigenvalue weighted by Gasteiger charge is -2.31. The number of nitriles is 1. The van der Waals surface area contributed by atoms with Crippen molar-refractivity contribution in [3.63, 3.8) is 0 Å². The molecule has 12 heteroatoms. The molecule has 0 saturated heterocycles. The molecule has 1 aliphatic heterocycles. The van der Waals surface area contributed by atoms with Gasteiger partial charge in [0.2, 0.25) is 11.8 Å². The summed E-state index contributed by atoms with van der Waals surface area (Å²) in [6.07, 6.45) is -4.59. The molecule has 0 fully saturated rings. The van der Waals surface area contributed by atoms with E-state index in [1.807, 2.05) is 6.07 Å². The van der Waals surface area contributed by atoms with E-state index in [9.17, 15) is 37.2 Å². The fourth-order valence-electron chi connectivity index (χ4n) is 3.60. The van der Waals surface area contributed by atoms with Gasteiger partial charge in [-0.2, -0.15) is 18.4 Å². The normalized spacial score (nSPS) is 17.7. The Morgan fingerprint density at radius 3 is 2.56 bits per heavy atom. The van der Waals surface area contributed by atoms with Crippen molar-refractivity contribution in [2.45, 2.75) is 19.0 Å². The summed E-state index contributed by atoms with van der Waals surface area (Å²) in [5, 5.41) is 14.5. The molecule has 0 spiro atoms. The molecule has 3 rings (SSSR count). The highest BCUT2D eigenvalue weighted by Gasteiger charge is 2.45. The zero-order valence-corrected chi connectivity index (χ0v) is 19.5. The van der Waals surface area contributed by atoms with Crippen LogP contribution in [0.15, 0.2) is 59.1 Å². The first-order chi connectivity index (χ1) is 17.1. The van der Waals surface area contributed by atoms with Gasteiger partial charge < -0.3 is 15.4 Å². The van der Waals surface area contributed by atoms with Crippen LogP contribution in [0.1, 0.15) is 24.0 Å². The SMILES string of the molecule is CCOC(=O)[C@H]1C(=O)NC(SCC(=O)Nc2cccc(C(F)(F)F)c2)=C(C#N)[C@@H]1c1ccccc1F. The quantitative estimate of drug-likeness (QED) is 0.319. The third kappa shape index (κ3) is 6.04. The number of hydrogen-bond donors (Lipinski definition) is 2. The average Bonchev–Trinajstić information content (AvgIpc) is 2.82. The van der Waals surface area contributed by atoms with Crippen molar-refractivity contribution in [1.29, 1.82) is 5.26 Å². The Kier molecular flexibility index (Phi) is 8.37. The molecule has 2 N–H and O–H groups in total. The summed E-state index contributed by atoms with van der Waals surface area (Å²) in [5.74, 6) is -6.49. The number of esters is 1. The predicted molar refractivity (Wildman–Crippen MR) is 123 cm³/mol. The fraction of sp³-hybridized carbons (Fsp3) is 0.250. The molecule has 0 unspecified atom stereocenters. The zero-order chi connectivity index (χ0) is 26.5. The lowest BCUT2D eigenvalue weighted by molar-refractivity contribution is -0.153. The number of benzene rings is 2. The molecular weight excluding hydrogens is 502 g/mol. The van der Waals surface area contributed by atoms with Gasteiger partial charge in [0, 0.05) is 11.6 Å². The maximum Gasteiger partial charge on any atom is 0.416 e. The summed E-state index contributed by atoms with van der Waals surface area (Å²) in [6.45, 7) is 1.48. The predicted octanol–water partition coefficient (Wildman–Crippen LogP) is 4.34. The summed E-state index contributed by atoms with van der Waals surface area (Å²) in [5.41, 5.74) is -1.27. The number of amides is 2. The van der Waals surface area contributed by atoms with Crippen molar-refractivity contribution < 1.29 is 36.7 Å². The summed E-state index contributed by atoms with van der Waals surface area (Å²) in [6, 6.07) is 11.3. The van der Waals surface area contributed by atoms with Gasteiger partial charge in [0.15, 0.2) is 0 Å². The number of alkyl halides is 3. The van der Waals surface area contributed by atoms with Gasteiger partial charge in [-0.3, -0.25) is 14.4 Å². The number of carbonyl (C=O) groups excluding carboxylic acids is 3. The largest absolute Gasteiger partial charge is 0.465 e. The Labute approximate surface area is 207 Å². The van der Waals surface area contributed by atoms with Gasteiger partial charge in [-0.15, -0.1) is 0 Å². The molecule has 0 radical (unpaired) electrons. The van der Waals surface area contributed by atoms with Crippen LogP contribution in [0.2, 0.25) is 0 Å². The molecule has 1 aliphatic rings. The number of rotatable bonds is 7. The van der Waals surface area contributed by atoms with Gasteiger partial charge in [0.1, 0.15) is 11.7 Å². The van der Waals surface area contributed by atoms with Crippen LogP contribution in [0.4, 0.5) is 23.2 Å². The van der Waals surface area contributed by atoms with Crippen molar-refractivity contribution in [1.82, 2.24) is 5.32 Å². The Hall–Kier alpha value is -3.85. The highest BCUT2D eigenvalue weighted by molar-refractivity contribution is 8.03. The third-order valence-corrected chi connectivity index (χ3v) is 6.15. The van der Waals surface area contributed by atoms with Crippen LogP contribution in [0.5, 0.6) is 0 Å². The molecule has 2 atom stereocenters. The summed E-state index contributed by atoms with van der Waals surface area (Å²) in [7, 11) is 0. The van der Waals surface area contributed by atoms with Gasteiger partial charge in [0.25, 0.3) is 0 Å². The Bertz CT molecular complexity index is 1260. The molecular formula is C24H19F4N3O4S. The minimum absolute atomic E-state index is 0.0461. The van der Waals surface area contributed by atoms with Gasteiger partial charge >= 0.3 is 12.1 Å². The van der Waals surface area contributed by atoms with E-state index in [-0.39, 0.29) is 28.5 Å².